The van der Waals surface area contributed by atoms with Crippen LogP contribution in [0.15, 0.2) is 23.8 Å². The molecular formula is C13H14N4O2. The first-order valence-electron chi connectivity index (χ1n) is 6.18. The number of hydrogen-bond acceptors (Lipinski definition) is 5. The summed E-state index contributed by atoms with van der Waals surface area (Å²) in [7, 11) is 0. The van der Waals surface area contributed by atoms with Crippen molar-refractivity contribution in [3.8, 4) is 6.07 Å². The highest BCUT2D eigenvalue weighted by Gasteiger charge is 2.15. The number of hydrogen-bond donors (Lipinski definition) is 1. The summed E-state index contributed by atoms with van der Waals surface area (Å²) in [5, 5.41) is 22.6. The van der Waals surface area contributed by atoms with Gasteiger partial charge in [0.05, 0.1) is 4.92 Å². The van der Waals surface area contributed by atoms with Crippen LogP contribution in [0, 0.1) is 21.4 Å². The monoisotopic (exact) mass is 258 g/mol. The van der Waals surface area contributed by atoms with Crippen molar-refractivity contribution in [2.75, 3.05) is 11.9 Å². The maximum atomic E-state index is 10.7. The van der Waals surface area contributed by atoms with Crippen molar-refractivity contribution in [3.05, 3.63) is 39.6 Å². The van der Waals surface area contributed by atoms with Crippen LogP contribution in [0.4, 0.5) is 11.5 Å². The third-order valence-corrected chi connectivity index (χ3v) is 3.06. The highest BCUT2D eigenvalue weighted by atomic mass is 16.6. The Hall–Kier alpha value is -2.42. The SMILES string of the molecule is N#Cc1nc(NCCC2=CCCC2)ccc1[N+](=O)[O-]. The van der Waals surface area contributed by atoms with Crippen LogP contribution >= 0.6 is 0 Å². The zero-order valence-corrected chi connectivity index (χ0v) is 10.4. The van der Waals surface area contributed by atoms with Gasteiger partial charge in [-0.1, -0.05) is 11.6 Å². The lowest BCUT2D eigenvalue weighted by Gasteiger charge is -2.06. The van der Waals surface area contributed by atoms with Gasteiger partial charge in [0.2, 0.25) is 5.69 Å². The predicted molar refractivity (Wildman–Crippen MR) is 70.6 cm³/mol. The average Bonchev–Trinajstić information content (AvgIpc) is 2.91. The van der Waals surface area contributed by atoms with E-state index in [4.69, 9.17) is 5.26 Å². The Morgan fingerprint density at radius 3 is 3.00 bits per heavy atom. The molecule has 1 aliphatic rings. The minimum atomic E-state index is -0.599. The first-order chi connectivity index (χ1) is 9.20. The van der Waals surface area contributed by atoms with E-state index in [-0.39, 0.29) is 11.4 Å². The van der Waals surface area contributed by atoms with Gasteiger partial charge in [0.15, 0.2) is 0 Å². The van der Waals surface area contributed by atoms with Gasteiger partial charge in [-0.2, -0.15) is 5.26 Å². The number of allylic oxidation sites excluding steroid dienone is 1. The van der Waals surface area contributed by atoms with Crippen LogP contribution in [0.5, 0.6) is 0 Å². The number of nitrogens with one attached hydrogen (secondary N) is 1. The number of anilines is 1. The van der Waals surface area contributed by atoms with E-state index in [1.165, 1.54) is 24.1 Å². The Morgan fingerprint density at radius 1 is 1.53 bits per heavy atom. The van der Waals surface area contributed by atoms with Crippen molar-refractivity contribution in [2.45, 2.75) is 25.7 Å². The molecule has 6 heteroatoms. The molecule has 1 aromatic rings. The lowest BCUT2D eigenvalue weighted by atomic mass is 10.2. The van der Waals surface area contributed by atoms with Crippen molar-refractivity contribution in [1.29, 1.82) is 5.26 Å². The fourth-order valence-electron chi connectivity index (χ4n) is 2.10. The Labute approximate surface area is 110 Å². The van der Waals surface area contributed by atoms with Crippen LogP contribution in [0.3, 0.4) is 0 Å². The summed E-state index contributed by atoms with van der Waals surface area (Å²) in [6.07, 6.45) is 6.73. The van der Waals surface area contributed by atoms with Crippen molar-refractivity contribution in [2.24, 2.45) is 0 Å². The normalized spacial score (nSPS) is 13.7. The van der Waals surface area contributed by atoms with Crippen molar-refractivity contribution in [3.63, 3.8) is 0 Å². The maximum absolute atomic E-state index is 10.7. The van der Waals surface area contributed by atoms with Gasteiger partial charge in [0.1, 0.15) is 11.9 Å². The first-order valence-corrected chi connectivity index (χ1v) is 6.18. The van der Waals surface area contributed by atoms with E-state index in [2.05, 4.69) is 16.4 Å². The Morgan fingerprint density at radius 2 is 2.37 bits per heavy atom. The molecule has 0 unspecified atom stereocenters. The van der Waals surface area contributed by atoms with Gasteiger partial charge >= 0.3 is 5.69 Å². The van der Waals surface area contributed by atoms with Crippen LogP contribution in [-0.4, -0.2) is 16.5 Å². The molecule has 6 nitrogen and oxygen atoms in total. The summed E-state index contributed by atoms with van der Waals surface area (Å²) < 4.78 is 0. The van der Waals surface area contributed by atoms with E-state index in [0.29, 0.717) is 5.82 Å². The number of aromatic nitrogens is 1. The van der Waals surface area contributed by atoms with E-state index in [1.807, 2.05) is 0 Å². The van der Waals surface area contributed by atoms with Crippen LogP contribution in [-0.2, 0) is 0 Å². The highest BCUT2D eigenvalue weighted by molar-refractivity contribution is 5.50. The number of rotatable bonds is 5. The van der Waals surface area contributed by atoms with Crippen LogP contribution < -0.4 is 5.32 Å². The molecule has 19 heavy (non-hydrogen) atoms. The lowest BCUT2D eigenvalue weighted by Crippen LogP contribution is -2.05. The minimum absolute atomic E-state index is 0.157. The van der Waals surface area contributed by atoms with Gasteiger partial charge in [-0.25, -0.2) is 4.98 Å². The van der Waals surface area contributed by atoms with Crippen LogP contribution in [0.1, 0.15) is 31.4 Å². The summed E-state index contributed by atoms with van der Waals surface area (Å²) in [6, 6.07) is 4.58. The zero-order chi connectivity index (χ0) is 13.7. The summed E-state index contributed by atoms with van der Waals surface area (Å²) in [5.74, 6) is 0.501. The van der Waals surface area contributed by atoms with Crippen LogP contribution in [0.25, 0.3) is 0 Å². The fourth-order valence-corrected chi connectivity index (χ4v) is 2.10. The average molecular weight is 258 g/mol. The molecule has 1 aliphatic carbocycles. The topological polar surface area (TPSA) is 91.8 Å². The summed E-state index contributed by atoms with van der Waals surface area (Å²) >= 11 is 0. The summed E-state index contributed by atoms with van der Waals surface area (Å²) in [4.78, 5) is 14.0. The summed E-state index contributed by atoms with van der Waals surface area (Å²) in [6.45, 7) is 0.724. The third kappa shape index (κ3) is 3.28. The Bertz CT molecular complexity index is 560. The molecule has 0 fully saturated rings. The van der Waals surface area contributed by atoms with Crippen molar-refractivity contribution >= 4 is 11.5 Å². The van der Waals surface area contributed by atoms with E-state index in [9.17, 15) is 10.1 Å². The molecule has 98 valence electrons. The van der Waals surface area contributed by atoms with Gasteiger partial charge in [-0.15, -0.1) is 0 Å². The molecule has 0 saturated heterocycles. The second-order valence-corrected chi connectivity index (χ2v) is 4.36. The summed E-state index contributed by atoms with van der Waals surface area (Å²) in [5.41, 5.74) is 1.02. The lowest BCUT2D eigenvalue weighted by molar-refractivity contribution is -0.385. The number of pyridine rings is 1. The van der Waals surface area contributed by atoms with Crippen molar-refractivity contribution in [1.82, 2.24) is 4.98 Å². The standard InChI is InChI=1S/C13H14N4O2/c14-9-11-12(17(18)19)5-6-13(16-11)15-8-7-10-3-1-2-4-10/h3,5-6H,1-2,4,7-8H2,(H,15,16). The molecule has 0 spiro atoms. The zero-order valence-electron chi connectivity index (χ0n) is 10.4. The molecule has 2 rings (SSSR count). The number of nitrogens with zero attached hydrogens (tertiary/aromatic N) is 3. The predicted octanol–water partition coefficient (Wildman–Crippen LogP) is 2.77. The molecule has 0 amide bonds. The maximum Gasteiger partial charge on any atom is 0.305 e. The van der Waals surface area contributed by atoms with Crippen molar-refractivity contribution < 1.29 is 4.92 Å². The molecule has 0 bridgehead atoms. The molecule has 0 radical (unpaired) electrons. The Kier molecular flexibility index (Phi) is 4.08. The van der Waals surface area contributed by atoms with Crippen LogP contribution in [0.2, 0.25) is 0 Å². The molecule has 1 aromatic heterocycles. The molecule has 0 aromatic carbocycles. The minimum Gasteiger partial charge on any atom is -0.370 e. The van der Waals surface area contributed by atoms with Gasteiger partial charge in [0, 0.05) is 12.6 Å². The largest absolute Gasteiger partial charge is 0.370 e. The first kappa shape index (κ1) is 13.0. The van der Waals surface area contributed by atoms with Gasteiger partial charge in [-0.05, 0) is 31.7 Å². The van der Waals surface area contributed by atoms with Gasteiger partial charge in [-0.3, -0.25) is 10.1 Å². The van der Waals surface area contributed by atoms with E-state index in [1.54, 1.807) is 6.07 Å². The van der Waals surface area contributed by atoms with Gasteiger partial charge < -0.3 is 5.32 Å². The smallest absolute Gasteiger partial charge is 0.305 e. The molecular weight excluding hydrogens is 244 g/mol. The Balaban J connectivity index is 1.97. The molecule has 1 N–H and O–H groups in total. The van der Waals surface area contributed by atoms with E-state index >= 15 is 0 Å². The molecule has 0 aliphatic heterocycles. The fraction of sp³-hybridized carbons (Fsp3) is 0.385. The number of nitro groups is 1. The van der Waals surface area contributed by atoms with E-state index in [0.717, 1.165) is 25.8 Å². The molecule has 1 heterocycles. The third-order valence-electron chi connectivity index (χ3n) is 3.06. The highest BCUT2D eigenvalue weighted by Crippen LogP contribution is 2.21. The second-order valence-electron chi connectivity index (χ2n) is 4.36. The molecule has 0 saturated carbocycles. The number of nitriles is 1. The molecule has 0 atom stereocenters. The quantitative estimate of drug-likeness (QED) is 0.498. The van der Waals surface area contributed by atoms with Gasteiger partial charge in [0.25, 0.3) is 0 Å². The second kappa shape index (κ2) is 5.96. The van der Waals surface area contributed by atoms with E-state index < -0.39 is 4.92 Å².